The normalized spacial score (nSPS) is 14.2. The zero-order valence-corrected chi connectivity index (χ0v) is 12.8. The van der Waals surface area contributed by atoms with Crippen LogP contribution in [-0.4, -0.2) is 63.5 Å². The molecule has 20 heavy (non-hydrogen) atoms. The first-order chi connectivity index (χ1) is 8.92. The molecule has 104 valence electrons. The Morgan fingerprint density at radius 2 is 1.55 bits per heavy atom. The average molecular weight is 293 g/mol. The maximum atomic E-state index is 11.0. The average Bonchev–Trinajstić information content (AvgIpc) is 2.36. The number of rotatable bonds is 8. The summed E-state index contributed by atoms with van der Waals surface area (Å²) in [4.78, 5) is 22.2. The van der Waals surface area contributed by atoms with E-state index in [-0.39, 0.29) is 29.6 Å². The number of aliphatic hydroxyl groups is 2. The van der Waals surface area contributed by atoms with E-state index >= 15 is 0 Å². The fraction of sp³-hybridized carbons (Fsp3) is 0.600. The molecule has 0 aromatic carbocycles. The van der Waals surface area contributed by atoms with Gasteiger partial charge in [-0.15, -0.1) is 0 Å². The summed E-state index contributed by atoms with van der Waals surface area (Å²) in [6, 6.07) is -1.63. The van der Waals surface area contributed by atoms with Gasteiger partial charge >= 0.3 is 35.5 Å². The van der Waals surface area contributed by atoms with E-state index in [1.54, 1.807) is 0 Å². The van der Waals surface area contributed by atoms with Crippen molar-refractivity contribution in [3.63, 3.8) is 0 Å². The van der Waals surface area contributed by atoms with E-state index in [1.807, 2.05) is 0 Å². The summed E-state index contributed by atoms with van der Waals surface area (Å²) in [5, 5.41) is 55.1. The molecule has 3 N–H and O–H groups in total. The van der Waals surface area contributed by atoms with Gasteiger partial charge in [0.25, 0.3) is 0 Å². The number of carboxylic acids is 2. The molecule has 0 bridgehead atoms. The smallest absolute Gasteiger partial charge is 0.548 e. The molecular formula is C10H12N3NaO6. The summed E-state index contributed by atoms with van der Waals surface area (Å²) in [6.45, 7) is -1.64. The van der Waals surface area contributed by atoms with Crippen molar-refractivity contribution < 1.29 is 59.6 Å². The Balaban J connectivity index is 0. The Kier molecular flexibility index (Phi) is 11.2. The van der Waals surface area contributed by atoms with Crippen LogP contribution in [0.5, 0.6) is 0 Å². The van der Waals surface area contributed by atoms with Gasteiger partial charge in [0.15, 0.2) is 0 Å². The minimum atomic E-state index is -1.81. The predicted molar refractivity (Wildman–Crippen MR) is 55.9 cm³/mol. The number of nitrogens with zero attached hydrogens (tertiary/aromatic N) is 3. The Labute approximate surface area is 136 Å². The largest absolute Gasteiger partial charge is 1.00 e. The second-order valence-electron chi connectivity index (χ2n) is 3.53. The van der Waals surface area contributed by atoms with Gasteiger partial charge in [-0.25, -0.2) is 0 Å². The van der Waals surface area contributed by atoms with Crippen molar-refractivity contribution in [2.75, 3.05) is 13.2 Å². The van der Waals surface area contributed by atoms with E-state index < -0.39 is 49.7 Å². The molecule has 0 aliphatic rings. The van der Waals surface area contributed by atoms with Crippen molar-refractivity contribution in [2.24, 2.45) is 0 Å². The van der Waals surface area contributed by atoms with E-state index in [0.717, 1.165) is 0 Å². The van der Waals surface area contributed by atoms with Crippen LogP contribution in [0.1, 0.15) is 6.42 Å². The molecule has 0 spiro atoms. The van der Waals surface area contributed by atoms with Crippen LogP contribution < -0.4 is 34.7 Å². The fourth-order valence-corrected chi connectivity index (χ4v) is 1.53. The molecule has 0 radical (unpaired) electrons. The summed E-state index contributed by atoms with van der Waals surface area (Å²) in [5.74, 6) is -3.30. The fourth-order valence-electron chi connectivity index (χ4n) is 1.53. The zero-order valence-electron chi connectivity index (χ0n) is 10.8. The first-order valence-electron chi connectivity index (χ1n) is 5.13. The third-order valence-electron chi connectivity index (χ3n) is 2.36. The molecule has 0 aromatic heterocycles. The molecule has 0 saturated heterocycles. The summed E-state index contributed by atoms with van der Waals surface area (Å²) in [7, 11) is 0. The van der Waals surface area contributed by atoms with Crippen LogP contribution in [0, 0.1) is 22.7 Å². The van der Waals surface area contributed by atoms with Crippen LogP contribution in [0.3, 0.4) is 0 Å². The summed E-state index contributed by atoms with van der Waals surface area (Å²) in [6.07, 6.45) is -0.932. The second-order valence-corrected chi connectivity index (χ2v) is 3.53. The third-order valence-corrected chi connectivity index (χ3v) is 2.36. The number of hydrogen-bond acceptors (Lipinski definition) is 8. The molecule has 9 nitrogen and oxygen atoms in total. The molecule has 0 aliphatic carbocycles. The van der Waals surface area contributed by atoms with E-state index in [0.29, 0.717) is 4.90 Å². The molecule has 0 fully saturated rings. The monoisotopic (exact) mass is 293 g/mol. The van der Waals surface area contributed by atoms with Gasteiger partial charge in [0.05, 0.1) is 43.8 Å². The van der Waals surface area contributed by atoms with E-state index in [9.17, 15) is 14.7 Å². The quantitative estimate of drug-likeness (QED) is 0.368. The Hall–Kier alpha value is -1.20. The predicted octanol–water partition coefficient (Wildman–Crippen LogP) is -6.35. The van der Waals surface area contributed by atoms with Crippen molar-refractivity contribution >= 4 is 11.9 Å². The number of aliphatic carboxylic acids is 2. The summed E-state index contributed by atoms with van der Waals surface area (Å²) >= 11 is 0. The van der Waals surface area contributed by atoms with Crippen molar-refractivity contribution in [1.29, 1.82) is 10.5 Å². The SMILES string of the molecule is N#CC(CO)N(C(C#N)CO)[C@@H](CC(=O)O)C(=O)[O-].[Na+]. The minimum absolute atomic E-state index is 0. The summed E-state index contributed by atoms with van der Waals surface area (Å²) in [5.41, 5.74) is 0. The minimum Gasteiger partial charge on any atom is -0.548 e. The van der Waals surface area contributed by atoms with Gasteiger partial charge in [0.1, 0.15) is 12.1 Å². The first-order valence-corrected chi connectivity index (χ1v) is 5.13. The molecule has 0 amide bonds. The van der Waals surface area contributed by atoms with Crippen molar-refractivity contribution in [3.05, 3.63) is 0 Å². The zero-order chi connectivity index (χ0) is 15.0. The molecule has 0 aliphatic heterocycles. The molecule has 0 rings (SSSR count). The van der Waals surface area contributed by atoms with Crippen LogP contribution in [0.25, 0.3) is 0 Å². The van der Waals surface area contributed by atoms with Crippen LogP contribution in [0.2, 0.25) is 0 Å². The van der Waals surface area contributed by atoms with Crippen LogP contribution in [0.15, 0.2) is 0 Å². The van der Waals surface area contributed by atoms with Gasteiger partial charge in [-0.05, 0) is 0 Å². The van der Waals surface area contributed by atoms with Gasteiger partial charge < -0.3 is 25.2 Å². The molecule has 2 unspecified atom stereocenters. The van der Waals surface area contributed by atoms with Gasteiger partial charge in [-0.1, -0.05) is 0 Å². The Morgan fingerprint density at radius 1 is 1.15 bits per heavy atom. The third kappa shape index (κ3) is 5.84. The van der Waals surface area contributed by atoms with E-state index in [1.165, 1.54) is 12.1 Å². The number of carbonyl (C=O) groups is 2. The van der Waals surface area contributed by atoms with E-state index in [2.05, 4.69) is 0 Å². The maximum Gasteiger partial charge on any atom is 1.00 e. The Bertz CT molecular complexity index is 396. The van der Waals surface area contributed by atoms with Crippen molar-refractivity contribution in [1.82, 2.24) is 4.90 Å². The first kappa shape index (κ1) is 21.1. The van der Waals surface area contributed by atoms with E-state index in [4.69, 9.17) is 25.8 Å². The molecular weight excluding hydrogens is 281 g/mol. The standard InChI is InChI=1S/C10H13N3O6.Na/c11-2-6(4-14)13(7(3-12)5-15)8(10(18)19)1-9(16)17;/h6-8,14-15H,1,4-5H2,(H,16,17)(H,18,19);/q;+1/p-1/t6?,7?,8-;/m0./s1. The number of hydrogen-bond donors (Lipinski definition) is 3. The molecule has 10 heteroatoms. The van der Waals surface area contributed by atoms with Gasteiger partial charge in [-0.2, -0.15) is 10.5 Å². The number of aliphatic hydroxyl groups excluding tert-OH is 2. The van der Waals surface area contributed by atoms with Crippen molar-refractivity contribution in [2.45, 2.75) is 24.5 Å². The van der Waals surface area contributed by atoms with Crippen LogP contribution >= 0.6 is 0 Å². The van der Waals surface area contributed by atoms with Gasteiger partial charge in [-0.3, -0.25) is 9.69 Å². The van der Waals surface area contributed by atoms with Gasteiger partial charge in [0.2, 0.25) is 0 Å². The van der Waals surface area contributed by atoms with Crippen LogP contribution in [-0.2, 0) is 9.59 Å². The maximum absolute atomic E-state index is 11.0. The number of carboxylic acid groups (broad SMARTS) is 2. The second kappa shape index (κ2) is 10.6. The van der Waals surface area contributed by atoms with Crippen LogP contribution in [0.4, 0.5) is 0 Å². The molecule has 0 heterocycles. The molecule has 0 saturated carbocycles. The molecule has 0 aromatic rings. The number of carbonyl (C=O) groups excluding carboxylic acids is 1. The number of nitriles is 2. The van der Waals surface area contributed by atoms with Crippen molar-refractivity contribution in [3.8, 4) is 12.1 Å². The summed E-state index contributed by atoms with van der Waals surface area (Å²) < 4.78 is 0. The molecule has 3 atom stereocenters. The van der Waals surface area contributed by atoms with Gasteiger partial charge in [0, 0.05) is 0 Å². The Morgan fingerprint density at radius 3 is 1.75 bits per heavy atom. The topological polar surface area (TPSA) is 169 Å².